The Morgan fingerprint density at radius 1 is 1.13 bits per heavy atom. The van der Waals surface area contributed by atoms with E-state index in [1.165, 1.54) is 5.56 Å². The zero-order valence-electron chi connectivity index (χ0n) is 13.3. The number of hydrogen-bond acceptors (Lipinski definition) is 2. The molecule has 0 aliphatic heterocycles. The maximum atomic E-state index is 12.0. The minimum atomic E-state index is -0.0167. The van der Waals surface area contributed by atoms with Crippen molar-refractivity contribution in [2.24, 2.45) is 0 Å². The van der Waals surface area contributed by atoms with E-state index in [9.17, 15) is 4.79 Å². The van der Waals surface area contributed by atoms with E-state index in [2.05, 4.69) is 40.9 Å². The molecule has 1 N–H and O–H groups in total. The molecule has 0 bridgehead atoms. The maximum Gasteiger partial charge on any atom is 0.251 e. The van der Waals surface area contributed by atoms with Gasteiger partial charge in [0.2, 0.25) is 0 Å². The van der Waals surface area contributed by atoms with Gasteiger partial charge >= 0.3 is 0 Å². The summed E-state index contributed by atoms with van der Waals surface area (Å²) in [6.45, 7) is 3.50. The highest BCUT2D eigenvalue weighted by Crippen LogP contribution is 2.19. The normalized spacial score (nSPS) is 10.3. The molecule has 0 aliphatic carbocycles. The molecule has 0 saturated heterocycles. The van der Waals surface area contributed by atoms with Crippen LogP contribution in [0.15, 0.2) is 48.5 Å². The number of carbonyl (C=O) groups is 1. The lowest BCUT2D eigenvalue weighted by atomic mass is 10.1. The number of aryl methyl sites for hydroxylation is 1. The van der Waals surface area contributed by atoms with Crippen LogP contribution in [0.1, 0.15) is 35.7 Å². The molecular weight excluding hydrogens is 401 g/mol. The Hall–Kier alpha value is -1.56. The lowest BCUT2D eigenvalue weighted by Crippen LogP contribution is -2.24. The van der Waals surface area contributed by atoms with Crippen molar-refractivity contribution >= 4 is 28.5 Å². The highest BCUT2D eigenvalue weighted by Gasteiger charge is 2.06. The molecule has 1 amide bonds. The van der Waals surface area contributed by atoms with Crippen LogP contribution in [0.3, 0.4) is 0 Å². The number of rotatable bonds is 8. The van der Waals surface area contributed by atoms with E-state index in [1.807, 2.05) is 42.5 Å². The standard InChI is InChI=1S/C19H22INO2/c1-2-14-23-18-8-4-3-6-15(18)7-5-13-21-19(22)16-9-11-17(20)12-10-16/h3-4,6,8-12H,2,5,7,13-14H2,1H3,(H,21,22). The van der Waals surface area contributed by atoms with E-state index in [-0.39, 0.29) is 5.91 Å². The summed E-state index contributed by atoms with van der Waals surface area (Å²) in [5, 5.41) is 2.97. The first-order valence-electron chi connectivity index (χ1n) is 7.95. The third-order valence-corrected chi connectivity index (χ3v) is 4.17. The smallest absolute Gasteiger partial charge is 0.251 e. The average Bonchev–Trinajstić information content (AvgIpc) is 2.58. The van der Waals surface area contributed by atoms with Crippen LogP contribution in [0.5, 0.6) is 5.75 Å². The van der Waals surface area contributed by atoms with E-state index < -0.39 is 0 Å². The van der Waals surface area contributed by atoms with Crippen LogP contribution in [0.2, 0.25) is 0 Å². The van der Waals surface area contributed by atoms with Crippen molar-refractivity contribution in [1.29, 1.82) is 0 Å². The monoisotopic (exact) mass is 423 g/mol. The van der Waals surface area contributed by atoms with Crippen molar-refractivity contribution in [3.8, 4) is 5.75 Å². The molecule has 3 nitrogen and oxygen atoms in total. The van der Waals surface area contributed by atoms with Gasteiger partial charge in [-0.1, -0.05) is 25.1 Å². The fourth-order valence-electron chi connectivity index (χ4n) is 2.25. The van der Waals surface area contributed by atoms with E-state index in [0.29, 0.717) is 12.1 Å². The average molecular weight is 423 g/mol. The molecule has 0 atom stereocenters. The van der Waals surface area contributed by atoms with Gasteiger partial charge in [-0.25, -0.2) is 0 Å². The first-order chi connectivity index (χ1) is 11.2. The predicted octanol–water partition coefficient (Wildman–Crippen LogP) is 4.44. The van der Waals surface area contributed by atoms with E-state index in [1.54, 1.807) is 0 Å². The highest BCUT2D eigenvalue weighted by molar-refractivity contribution is 14.1. The second kappa shape index (κ2) is 9.55. The van der Waals surface area contributed by atoms with Crippen LogP contribution >= 0.6 is 22.6 Å². The summed E-state index contributed by atoms with van der Waals surface area (Å²) >= 11 is 2.23. The fraction of sp³-hybridized carbons (Fsp3) is 0.316. The second-order valence-electron chi connectivity index (χ2n) is 5.32. The van der Waals surface area contributed by atoms with Gasteiger partial charge in [-0.2, -0.15) is 0 Å². The Morgan fingerprint density at radius 2 is 1.87 bits per heavy atom. The number of para-hydroxylation sites is 1. The molecule has 0 heterocycles. The van der Waals surface area contributed by atoms with E-state index in [0.717, 1.165) is 35.2 Å². The van der Waals surface area contributed by atoms with Crippen molar-refractivity contribution in [2.75, 3.05) is 13.2 Å². The Morgan fingerprint density at radius 3 is 2.61 bits per heavy atom. The molecule has 2 aromatic carbocycles. The van der Waals surface area contributed by atoms with Gasteiger partial charge in [0.25, 0.3) is 5.91 Å². The number of hydrogen-bond donors (Lipinski definition) is 1. The van der Waals surface area contributed by atoms with Gasteiger partial charge in [-0.05, 0) is 77.7 Å². The lowest BCUT2D eigenvalue weighted by Gasteiger charge is -2.11. The number of amides is 1. The summed E-state index contributed by atoms with van der Waals surface area (Å²) in [4.78, 5) is 12.0. The van der Waals surface area contributed by atoms with Crippen LogP contribution in [0, 0.1) is 3.57 Å². The molecular formula is C19H22INO2. The summed E-state index contributed by atoms with van der Waals surface area (Å²) in [5.74, 6) is 0.940. The van der Waals surface area contributed by atoms with Crippen molar-refractivity contribution in [2.45, 2.75) is 26.2 Å². The highest BCUT2D eigenvalue weighted by atomic mass is 127. The number of carbonyl (C=O) groups excluding carboxylic acids is 1. The molecule has 2 aromatic rings. The van der Waals surface area contributed by atoms with Crippen molar-refractivity contribution in [3.05, 3.63) is 63.2 Å². The van der Waals surface area contributed by atoms with Gasteiger partial charge in [-0.3, -0.25) is 4.79 Å². The first-order valence-corrected chi connectivity index (χ1v) is 9.03. The topological polar surface area (TPSA) is 38.3 Å². The van der Waals surface area contributed by atoms with Gasteiger partial charge < -0.3 is 10.1 Å². The number of nitrogens with one attached hydrogen (secondary N) is 1. The summed E-state index contributed by atoms with van der Waals surface area (Å²) in [6.07, 6.45) is 2.79. The lowest BCUT2D eigenvalue weighted by molar-refractivity contribution is 0.0953. The third kappa shape index (κ3) is 5.86. The van der Waals surface area contributed by atoms with Crippen LogP contribution in [0.4, 0.5) is 0 Å². The van der Waals surface area contributed by atoms with Gasteiger partial charge in [-0.15, -0.1) is 0 Å². The largest absolute Gasteiger partial charge is 0.493 e. The summed E-state index contributed by atoms with van der Waals surface area (Å²) < 4.78 is 6.88. The minimum Gasteiger partial charge on any atom is -0.493 e. The van der Waals surface area contributed by atoms with Gasteiger partial charge in [0, 0.05) is 15.7 Å². The number of ether oxygens (including phenoxy) is 1. The molecule has 0 fully saturated rings. The zero-order chi connectivity index (χ0) is 16.5. The summed E-state index contributed by atoms with van der Waals surface area (Å²) in [5.41, 5.74) is 1.90. The maximum absolute atomic E-state index is 12.0. The van der Waals surface area contributed by atoms with Crippen LogP contribution in [-0.4, -0.2) is 19.1 Å². The second-order valence-corrected chi connectivity index (χ2v) is 6.57. The molecule has 0 saturated carbocycles. The Balaban J connectivity index is 1.79. The van der Waals surface area contributed by atoms with Crippen LogP contribution < -0.4 is 10.1 Å². The molecule has 2 rings (SSSR count). The number of benzene rings is 2. The summed E-state index contributed by atoms with van der Waals surface area (Å²) in [7, 11) is 0. The molecule has 0 spiro atoms. The predicted molar refractivity (Wildman–Crippen MR) is 102 cm³/mol. The Kier molecular flexibility index (Phi) is 7.39. The Bertz CT molecular complexity index is 626. The van der Waals surface area contributed by atoms with Crippen molar-refractivity contribution < 1.29 is 9.53 Å². The third-order valence-electron chi connectivity index (χ3n) is 3.45. The van der Waals surface area contributed by atoms with Crippen LogP contribution in [0.25, 0.3) is 0 Å². The SMILES string of the molecule is CCCOc1ccccc1CCCNC(=O)c1ccc(I)cc1. The van der Waals surface area contributed by atoms with Crippen molar-refractivity contribution in [1.82, 2.24) is 5.32 Å². The number of halogens is 1. The molecule has 0 aromatic heterocycles. The van der Waals surface area contributed by atoms with Crippen LogP contribution in [-0.2, 0) is 6.42 Å². The van der Waals surface area contributed by atoms with E-state index >= 15 is 0 Å². The van der Waals surface area contributed by atoms with Gasteiger partial charge in [0.1, 0.15) is 5.75 Å². The first kappa shape index (κ1) is 17.8. The minimum absolute atomic E-state index is 0.0167. The fourth-order valence-corrected chi connectivity index (χ4v) is 2.61. The Labute approximate surface area is 151 Å². The van der Waals surface area contributed by atoms with Crippen molar-refractivity contribution in [3.63, 3.8) is 0 Å². The summed E-state index contributed by atoms with van der Waals surface area (Å²) in [6, 6.07) is 15.7. The quantitative estimate of drug-likeness (QED) is 0.504. The molecule has 0 radical (unpaired) electrons. The molecule has 0 aliphatic rings. The molecule has 23 heavy (non-hydrogen) atoms. The molecule has 122 valence electrons. The molecule has 4 heteroatoms. The van der Waals surface area contributed by atoms with E-state index in [4.69, 9.17) is 4.74 Å². The van der Waals surface area contributed by atoms with Gasteiger partial charge in [0.05, 0.1) is 6.61 Å². The van der Waals surface area contributed by atoms with Gasteiger partial charge in [0.15, 0.2) is 0 Å². The zero-order valence-corrected chi connectivity index (χ0v) is 15.5. The molecule has 0 unspecified atom stereocenters.